The molecule has 0 saturated heterocycles. The summed E-state index contributed by atoms with van der Waals surface area (Å²) in [6, 6.07) is 7.02. The lowest BCUT2D eigenvalue weighted by atomic mass is 10.0. The van der Waals surface area contributed by atoms with Crippen LogP contribution in [0.4, 0.5) is 19.0 Å². The molecule has 1 atom stereocenters. The Morgan fingerprint density at radius 3 is 2.50 bits per heavy atom. The lowest BCUT2D eigenvalue weighted by Crippen LogP contribution is -2.35. The van der Waals surface area contributed by atoms with Crippen LogP contribution in [0.2, 0.25) is 0 Å². The standard InChI is InChI=1S/C22H24F3N5O2/c1-15-5-9-20(27-10-15)29(30-14-18(12-28-30)22(23,24)25)13-16(2)4-7-19-8-6-17(11-26-19)21(31)32-3/h5-6,8-12,14,16H,4,7,13H2,1-3H3. The van der Waals surface area contributed by atoms with Crippen LogP contribution < -0.4 is 5.01 Å². The smallest absolute Gasteiger partial charge is 0.419 e. The Kier molecular flexibility index (Phi) is 7.12. The molecule has 0 radical (unpaired) electrons. The zero-order valence-corrected chi connectivity index (χ0v) is 18.0. The molecule has 0 aliphatic rings. The summed E-state index contributed by atoms with van der Waals surface area (Å²) >= 11 is 0. The van der Waals surface area contributed by atoms with Crippen molar-refractivity contribution >= 4 is 11.8 Å². The van der Waals surface area contributed by atoms with Gasteiger partial charge in [0.1, 0.15) is 5.82 Å². The molecule has 0 aliphatic heterocycles. The zero-order valence-electron chi connectivity index (χ0n) is 18.0. The third-order valence-corrected chi connectivity index (χ3v) is 4.93. The van der Waals surface area contributed by atoms with Gasteiger partial charge in [-0.1, -0.05) is 13.0 Å². The number of esters is 1. The van der Waals surface area contributed by atoms with E-state index in [1.807, 2.05) is 19.9 Å². The lowest BCUT2D eigenvalue weighted by Gasteiger charge is -2.26. The van der Waals surface area contributed by atoms with Gasteiger partial charge in [0, 0.05) is 24.6 Å². The van der Waals surface area contributed by atoms with Crippen molar-refractivity contribution in [2.24, 2.45) is 5.92 Å². The van der Waals surface area contributed by atoms with Crippen molar-refractivity contribution in [3.8, 4) is 0 Å². The van der Waals surface area contributed by atoms with Crippen LogP contribution in [-0.2, 0) is 17.3 Å². The average Bonchev–Trinajstić information content (AvgIpc) is 3.27. The Morgan fingerprint density at radius 2 is 1.94 bits per heavy atom. The van der Waals surface area contributed by atoms with Gasteiger partial charge in [-0.15, -0.1) is 0 Å². The molecular weight excluding hydrogens is 423 g/mol. The SMILES string of the molecule is COC(=O)c1ccc(CCC(C)CN(c2ccc(C)cn2)n2cc(C(F)(F)F)cn2)nc1. The molecule has 3 aromatic rings. The van der Waals surface area contributed by atoms with Gasteiger partial charge in [-0.2, -0.15) is 23.1 Å². The average molecular weight is 447 g/mol. The Morgan fingerprint density at radius 1 is 1.16 bits per heavy atom. The molecule has 32 heavy (non-hydrogen) atoms. The zero-order chi connectivity index (χ0) is 23.3. The van der Waals surface area contributed by atoms with Crippen LogP contribution in [0.3, 0.4) is 0 Å². The fraction of sp³-hybridized carbons (Fsp3) is 0.364. The normalized spacial score (nSPS) is 12.4. The number of rotatable bonds is 8. The molecule has 10 heteroatoms. The number of halogens is 3. The topological polar surface area (TPSA) is 73.1 Å². The molecule has 0 aliphatic carbocycles. The van der Waals surface area contributed by atoms with E-state index in [9.17, 15) is 18.0 Å². The number of anilines is 1. The van der Waals surface area contributed by atoms with Crippen molar-refractivity contribution in [3.63, 3.8) is 0 Å². The summed E-state index contributed by atoms with van der Waals surface area (Å²) in [7, 11) is 1.31. The number of hydrogen-bond donors (Lipinski definition) is 0. The maximum absolute atomic E-state index is 13.1. The number of pyridine rings is 2. The summed E-state index contributed by atoms with van der Waals surface area (Å²) in [6.07, 6.45) is 1.79. The van der Waals surface area contributed by atoms with Crippen molar-refractivity contribution in [2.75, 3.05) is 18.7 Å². The molecule has 0 aromatic carbocycles. The molecule has 0 spiro atoms. The highest BCUT2D eigenvalue weighted by Crippen LogP contribution is 2.29. The molecule has 1 unspecified atom stereocenters. The summed E-state index contributed by atoms with van der Waals surface area (Å²) in [4.78, 5) is 21.3. The van der Waals surface area contributed by atoms with Gasteiger partial charge in [0.05, 0.1) is 30.6 Å². The van der Waals surface area contributed by atoms with Gasteiger partial charge < -0.3 is 4.74 Å². The highest BCUT2D eigenvalue weighted by molar-refractivity contribution is 5.88. The van der Waals surface area contributed by atoms with Crippen LogP contribution in [0.25, 0.3) is 0 Å². The molecule has 7 nitrogen and oxygen atoms in total. The maximum atomic E-state index is 13.1. The molecule has 0 N–H and O–H groups in total. The van der Waals surface area contributed by atoms with E-state index in [2.05, 4.69) is 19.8 Å². The van der Waals surface area contributed by atoms with Crippen molar-refractivity contribution in [1.82, 2.24) is 19.9 Å². The minimum absolute atomic E-state index is 0.0822. The third kappa shape index (κ3) is 5.83. The summed E-state index contributed by atoms with van der Waals surface area (Å²) in [5, 5.41) is 5.53. The number of methoxy groups -OCH3 is 1. The number of carbonyl (C=O) groups excluding carboxylic acids is 1. The highest BCUT2D eigenvalue weighted by atomic mass is 19.4. The second-order valence-electron chi connectivity index (χ2n) is 7.60. The van der Waals surface area contributed by atoms with E-state index in [0.29, 0.717) is 24.3 Å². The van der Waals surface area contributed by atoms with Crippen molar-refractivity contribution in [3.05, 3.63) is 71.4 Å². The first-order chi connectivity index (χ1) is 15.2. The lowest BCUT2D eigenvalue weighted by molar-refractivity contribution is -0.137. The number of aryl methyl sites for hydroxylation is 2. The first kappa shape index (κ1) is 23.2. The van der Waals surface area contributed by atoms with Crippen molar-refractivity contribution < 1.29 is 22.7 Å². The van der Waals surface area contributed by atoms with Crippen LogP contribution >= 0.6 is 0 Å². The first-order valence-electron chi connectivity index (χ1n) is 10.0. The number of ether oxygens (including phenoxy) is 1. The molecule has 3 rings (SSSR count). The number of hydrogen-bond acceptors (Lipinski definition) is 6. The number of alkyl halides is 3. The molecule has 0 fully saturated rings. The van der Waals surface area contributed by atoms with Crippen LogP contribution in [-0.4, -0.2) is 39.5 Å². The Hall–Kier alpha value is -3.43. The van der Waals surface area contributed by atoms with E-state index in [4.69, 9.17) is 0 Å². The van der Waals surface area contributed by atoms with Crippen molar-refractivity contribution in [1.29, 1.82) is 0 Å². The summed E-state index contributed by atoms with van der Waals surface area (Å²) in [6.45, 7) is 4.28. The highest BCUT2D eigenvalue weighted by Gasteiger charge is 2.33. The van der Waals surface area contributed by atoms with E-state index in [1.165, 1.54) is 18.1 Å². The van der Waals surface area contributed by atoms with Gasteiger partial charge in [0.15, 0.2) is 0 Å². The Balaban J connectivity index is 1.72. The van der Waals surface area contributed by atoms with E-state index >= 15 is 0 Å². The molecule has 0 saturated carbocycles. The number of aromatic nitrogens is 4. The Bertz CT molecular complexity index is 1030. The van der Waals surface area contributed by atoms with E-state index in [1.54, 1.807) is 29.4 Å². The molecule has 0 amide bonds. The fourth-order valence-corrected chi connectivity index (χ4v) is 3.08. The Labute approximate surface area is 183 Å². The fourth-order valence-electron chi connectivity index (χ4n) is 3.08. The molecule has 0 bridgehead atoms. The van der Waals surface area contributed by atoms with Crippen LogP contribution in [0.15, 0.2) is 49.1 Å². The van der Waals surface area contributed by atoms with Crippen LogP contribution in [0.1, 0.15) is 40.5 Å². The summed E-state index contributed by atoms with van der Waals surface area (Å²) in [5.74, 6) is 0.134. The second-order valence-corrected chi connectivity index (χ2v) is 7.60. The molecule has 3 aromatic heterocycles. The number of nitrogens with zero attached hydrogens (tertiary/aromatic N) is 5. The third-order valence-electron chi connectivity index (χ3n) is 4.93. The monoisotopic (exact) mass is 447 g/mol. The number of carbonyl (C=O) groups is 1. The van der Waals surface area contributed by atoms with Crippen LogP contribution in [0.5, 0.6) is 0 Å². The maximum Gasteiger partial charge on any atom is 0.419 e. The summed E-state index contributed by atoms with van der Waals surface area (Å²) < 4.78 is 43.9. The van der Waals surface area contributed by atoms with E-state index in [-0.39, 0.29) is 5.92 Å². The second kappa shape index (κ2) is 9.80. The minimum Gasteiger partial charge on any atom is -0.465 e. The largest absolute Gasteiger partial charge is 0.465 e. The van der Waals surface area contributed by atoms with E-state index in [0.717, 1.165) is 30.1 Å². The quantitative estimate of drug-likeness (QED) is 0.479. The van der Waals surface area contributed by atoms with Gasteiger partial charge in [-0.25, -0.2) is 14.8 Å². The van der Waals surface area contributed by atoms with Crippen LogP contribution in [0, 0.1) is 12.8 Å². The van der Waals surface area contributed by atoms with Gasteiger partial charge in [0.25, 0.3) is 0 Å². The summed E-state index contributed by atoms with van der Waals surface area (Å²) in [5.41, 5.74) is 1.31. The minimum atomic E-state index is -4.47. The molecule has 3 heterocycles. The van der Waals surface area contributed by atoms with Gasteiger partial charge in [0.2, 0.25) is 0 Å². The van der Waals surface area contributed by atoms with Crippen molar-refractivity contribution in [2.45, 2.75) is 32.9 Å². The van der Waals surface area contributed by atoms with Gasteiger partial charge in [-0.3, -0.25) is 4.98 Å². The van der Waals surface area contributed by atoms with E-state index < -0.39 is 17.7 Å². The van der Waals surface area contributed by atoms with Gasteiger partial charge in [-0.05, 0) is 49.4 Å². The molecule has 170 valence electrons. The van der Waals surface area contributed by atoms with Gasteiger partial charge >= 0.3 is 12.1 Å². The molecular formula is C22H24F3N5O2. The first-order valence-corrected chi connectivity index (χ1v) is 10.0. The predicted molar refractivity (Wildman–Crippen MR) is 112 cm³/mol. The predicted octanol–water partition coefficient (Wildman–Crippen LogP) is 4.33.